The summed E-state index contributed by atoms with van der Waals surface area (Å²) in [6.45, 7) is 7.63. The van der Waals surface area contributed by atoms with Gasteiger partial charge in [-0.15, -0.1) is 0 Å². The van der Waals surface area contributed by atoms with Crippen LogP contribution < -0.4 is 9.80 Å². The zero-order valence-electron chi connectivity index (χ0n) is 16.3. The Hall–Kier alpha value is -2.67. The van der Waals surface area contributed by atoms with Crippen molar-refractivity contribution < 1.29 is 4.74 Å². The summed E-state index contributed by atoms with van der Waals surface area (Å²) in [7, 11) is 0. The van der Waals surface area contributed by atoms with E-state index in [0.29, 0.717) is 0 Å². The van der Waals surface area contributed by atoms with Crippen molar-refractivity contribution in [2.45, 2.75) is 32.4 Å². The molecule has 0 amide bonds. The van der Waals surface area contributed by atoms with Crippen LogP contribution in [-0.4, -0.2) is 58.4 Å². The number of imidazole rings is 1. The number of anilines is 2. The predicted octanol–water partition coefficient (Wildman–Crippen LogP) is 2.64. The van der Waals surface area contributed by atoms with Crippen molar-refractivity contribution in [1.82, 2.24) is 19.5 Å². The zero-order valence-corrected chi connectivity index (χ0v) is 16.3. The first-order chi connectivity index (χ1) is 13.8. The van der Waals surface area contributed by atoms with Crippen LogP contribution in [0.25, 0.3) is 11.2 Å². The lowest BCUT2D eigenvalue weighted by molar-refractivity contribution is 0.0978. The summed E-state index contributed by atoms with van der Waals surface area (Å²) in [5, 5.41) is 0. The molecule has 28 heavy (non-hydrogen) atoms. The second-order valence-corrected chi connectivity index (χ2v) is 7.71. The number of hydrogen-bond acceptors (Lipinski definition) is 6. The van der Waals surface area contributed by atoms with E-state index in [1.165, 1.54) is 11.3 Å². The van der Waals surface area contributed by atoms with Gasteiger partial charge in [-0.25, -0.2) is 15.0 Å². The van der Waals surface area contributed by atoms with Crippen molar-refractivity contribution in [3.63, 3.8) is 0 Å². The monoisotopic (exact) mass is 378 g/mol. The molecule has 0 aliphatic carbocycles. The Morgan fingerprint density at radius 2 is 1.93 bits per heavy atom. The average Bonchev–Trinajstić information content (AvgIpc) is 3.39. The maximum atomic E-state index is 5.78. The minimum atomic E-state index is 0.272. The minimum Gasteiger partial charge on any atom is -0.376 e. The highest BCUT2D eigenvalue weighted by Gasteiger charge is 2.23. The zero-order chi connectivity index (χ0) is 18.9. The fourth-order valence-corrected chi connectivity index (χ4v) is 4.24. The molecule has 7 heteroatoms. The Bertz CT molecular complexity index is 956. The number of fused-ring (bicyclic) bond motifs is 1. The molecule has 7 nitrogen and oxygen atoms in total. The molecule has 0 N–H and O–H groups in total. The first-order valence-corrected chi connectivity index (χ1v) is 10.1. The lowest BCUT2D eigenvalue weighted by atomic mass is 10.2. The van der Waals surface area contributed by atoms with E-state index < -0.39 is 0 Å². The molecular formula is C21H26N6O. The molecule has 5 rings (SSSR count). The molecule has 0 saturated carbocycles. The van der Waals surface area contributed by atoms with Crippen molar-refractivity contribution in [2.75, 3.05) is 42.6 Å². The fraction of sp³-hybridized carbons (Fsp3) is 0.476. The van der Waals surface area contributed by atoms with E-state index in [2.05, 4.69) is 60.5 Å². The van der Waals surface area contributed by atoms with Crippen molar-refractivity contribution in [3.05, 3.63) is 42.5 Å². The first kappa shape index (κ1) is 17.4. The SMILES string of the molecule is Cc1cccc(N2CCN(c3ncnc4c3ncn4CC3CCCO3)CC2)c1. The van der Waals surface area contributed by atoms with Crippen molar-refractivity contribution in [3.8, 4) is 0 Å². The van der Waals surface area contributed by atoms with Crippen LogP contribution in [0.5, 0.6) is 0 Å². The standard InChI is InChI=1S/C21H26N6O/c1-16-4-2-5-17(12-16)25-7-9-26(10-8-25)20-19-21(23-14-22-20)27(15-24-19)13-18-6-3-11-28-18/h2,4-5,12,14-15,18H,3,6-11,13H2,1H3. The van der Waals surface area contributed by atoms with Gasteiger partial charge in [0.2, 0.25) is 0 Å². The van der Waals surface area contributed by atoms with E-state index in [1.807, 2.05) is 6.33 Å². The smallest absolute Gasteiger partial charge is 0.165 e. The van der Waals surface area contributed by atoms with Gasteiger partial charge in [0.1, 0.15) is 6.33 Å². The van der Waals surface area contributed by atoms with Crippen LogP contribution in [0.3, 0.4) is 0 Å². The third kappa shape index (κ3) is 3.30. The first-order valence-electron chi connectivity index (χ1n) is 10.1. The number of rotatable bonds is 4. The van der Waals surface area contributed by atoms with Crippen molar-refractivity contribution in [1.29, 1.82) is 0 Å². The van der Waals surface area contributed by atoms with Gasteiger partial charge in [0, 0.05) is 38.5 Å². The quantitative estimate of drug-likeness (QED) is 0.696. The van der Waals surface area contributed by atoms with Gasteiger partial charge in [-0.2, -0.15) is 0 Å². The second kappa shape index (κ2) is 7.39. The summed E-state index contributed by atoms with van der Waals surface area (Å²) in [5.74, 6) is 0.944. The molecule has 1 unspecified atom stereocenters. The second-order valence-electron chi connectivity index (χ2n) is 7.71. The van der Waals surface area contributed by atoms with Crippen LogP contribution in [0.15, 0.2) is 36.9 Å². The highest BCUT2D eigenvalue weighted by molar-refractivity contribution is 5.83. The highest BCUT2D eigenvalue weighted by Crippen LogP contribution is 2.25. The van der Waals surface area contributed by atoms with E-state index in [-0.39, 0.29) is 6.10 Å². The third-order valence-corrected chi connectivity index (χ3v) is 5.75. The fourth-order valence-electron chi connectivity index (χ4n) is 4.24. The normalized spacial score (nSPS) is 20.2. The molecule has 0 radical (unpaired) electrons. The molecular weight excluding hydrogens is 352 g/mol. The largest absolute Gasteiger partial charge is 0.376 e. The molecule has 1 atom stereocenters. The molecule has 0 spiro atoms. The Morgan fingerprint density at radius 1 is 1.07 bits per heavy atom. The molecule has 1 aromatic carbocycles. The summed E-state index contributed by atoms with van der Waals surface area (Å²) in [6, 6.07) is 8.72. The Balaban J connectivity index is 1.33. The van der Waals surface area contributed by atoms with Crippen LogP contribution in [0, 0.1) is 6.92 Å². The Kier molecular flexibility index (Phi) is 4.60. The number of aryl methyl sites for hydroxylation is 1. The van der Waals surface area contributed by atoms with Gasteiger partial charge in [0.15, 0.2) is 17.0 Å². The molecule has 4 heterocycles. The van der Waals surface area contributed by atoms with Gasteiger partial charge in [0.05, 0.1) is 19.0 Å². The van der Waals surface area contributed by atoms with E-state index in [0.717, 1.165) is 69.2 Å². The minimum absolute atomic E-state index is 0.272. The van der Waals surface area contributed by atoms with Crippen LogP contribution in [-0.2, 0) is 11.3 Å². The predicted molar refractivity (Wildman–Crippen MR) is 110 cm³/mol. The number of piperazine rings is 1. The van der Waals surface area contributed by atoms with Crippen LogP contribution in [0.4, 0.5) is 11.5 Å². The Labute approximate surface area is 165 Å². The van der Waals surface area contributed by atoms with Gasteiger partial charge < -0.3 is 19.1 Å². The molecule has 2 aliphatic heterocycles. The van der Waals surface area contributed by atoms with E-state index in [1.54, 1.807) is 6.33 Å². The molecule has 2 aromatic heterocycles. The molecule has 146 valence electrons. The summed E-state index contributed by atoms with van der Waals surface area (Å²) >= 11 is 0. The van der Waals surface area contributed by atoms with E-state index in [9.17, 15) is 0 Å². The molecule has 2 saturated heterocycles. The summed E-state index contributed by atoms with van der Waals surface area (Å²) in [5.41, 5.74) is 4.40. The van der Waals surface area contributed by atoms with Gasteiger partial charge in [-0.05, 0) is 37.5 Å². The van der Waals surface area contributed by atoms with Crippen LogP contribution >= 0.6 is 0 Å². The number of ether oxygens (including phenoxy) is 1. The van der Waals surface area contributed by atoms with Gasteiger partial charge in [-0.1, -0.05) is 12.1 Å². The van der Waals surface area contributed by atoms with Crippen LogP contribution in [0.1, 0.15) is 18.4 Å². The number of nitrogens with zero attached hydrogens (tertiary/aromatic N) is 6. The van der Waals surface area contributed by atoms with Crippen molar-refractivity contribution >= 4 is 22.7 Å². The molecule has 2 aliphatic rings. The maximum absolute atomic E-state index is 5.78. The van der Waals surface area contributed by atoms with Gasteiger partial charge in [-0.3, -0.25) is 0 Å². The average molecular weight is 378 g/mol. The van der Waals surface area contributed by atoms with Gasteiger partial charge in [0.25, 0.3) is 0 Å². The molecule has 2 fully saturated rings. The number of aromatic nitrogens is 4. The third-order valence-electron chi connectivity index (χ3n) is 5.75. The topological polar surface area (TPSA) is 59.3 Å². The van der Waals surface area contributed by atoms with Crippen LogP contribution in [0.2, 0.25) is 0 Å². The number of benzene rings is 1. The van der Waals surface area contributed by atoms with E-state index >= 15 is 0 Å². The maximum Gasteiger partial charge on any atom is 0.165 e. The lowest BCUT2D eigenvalue weighted by Gasteiger charge is -2.36. The molecule has 0 bridgehead atoms. The Morgan fingerprint density at radius 3 is 2.71 bits per heavy atom. The lowest BCUT2D eigenvalue weighted by Crippen LogP contribution is -2.47. The number of hydrogen-bond donors (Lipinski definition) is 0. The van der Waals surface area contributed by atoms with Gasteiger partial charge >= 0.3 is 0 Å². The highest BCUT2D eigenvalue weighted by atomic mass is 16.5. The summed E-state index contributed by atoms with van der Waals surface area (Å²) in [6.07, 6.45) is 6.07. The summed E-state index contributed by atoms with van der Waals surface area (Å²) in [4.78, 5) is 18.5. The van der Waals surface area contributed by atoms with Crippen molar-refractivity contribution in [2.24, 2.45) is 0 Å². The summed E-state index contributed by atoms with van der Waals surface area (Å²) < 4.78 is 7.89. The van der Waals surface area contributed by atoms with E-state index in [4.69, 9.17) is 4.74 Å². The molecule has 3 aromatic rings.